The van der Waals surface area contributed by atoms with Crippen LogP contribution in [0.5, 0.6) is 5.75 Å². The molecule has 0 fully saturated rings. The van der Waals surface area contributed by atoms with Crippen molar-refractivity contribution in [1.82, 2.24) is 10.2 Å². The molecule has 33 heavy (non-hydrogen) atoms. The van der Waals surface area contributed by atoms with Gasteiger partial charge in [0.05, 0.1) is 0 Å². The summed E-state index contributed by atoms with van der Waals surface area (Å²) >= 11 is 12.4. The molecule has 2 rings (SSSR count). The third-order valence-electron chi connectivity index (χ3n) is 5.40. The van der Waals surface area contributed by atoms with Crippen molar-refractivity contribution in [2.45, 2.75) is 65.5 Å². The van der Waals surface area contributed by atoms with Gasteiger partial charge in [0, 0.05) is 23.1 Å². The molecule has 2 amide bonds. The van der Waals surface area contributed by atoms with Gasteiger partial charge in [-0.25, -0.2) is 0 Å². The Labute approximate surface area is 207 Å². The molecule has 7 heteroatoms. The fraction of sp³-hybridized carbons (Fsp3) is 0.462. The monoisotopic (exact) mass is 492 g/mol. The van der Waals surface area contributed by atoms with E-state index in [1.807, 2.05) is 24.3 Å². The van der Waals surface area contributed by atoms with E-state index in [2.05, 4.69) is 33.0 Å². The van der Waals surface area contributed by atoms with Crippen LogP contribution in [0.3, 0.4) is 0 Å². The molecular weight excluding hydrogens is 459 g/mol. The van der Waals surface area contributed by atoms with Crippen LogP contribution in [0.25, 0.3) is 0 Å². The Balaban J connectivity index is 2.23. The molecule has 1 N–H and O–H groups in total. The minimum Gasteiger partial charge on any atom is -0.483 e. The number of carbonyl (C=O) groups is 2. The molecule has 0 aromatic heterocycles. The molecule has 0 saturated carbocycles. The molecule has 1 atom stereocenters. The molecule has 0 heterocycles. The van der Waals surface area contributed by atoms with Crippen LogP contribution in [0.2, 0.25) is 10.0 Å². The van der Waals surface area contributed by atoms with Crippen molar-refractivity contribution < 1.29 is 14.3 Å². The fourth-order valence-electron chi connectivity index (χ4n) is 3.39. The quantitative estimate of drug-likeness (QED) is 0.413. The van der Waals surface area contributed by atoms with Gasteiger partial charge >= 0.3 is 0 Å². The lowest BCUT2D eigenvalue weighted by molar-refractivity contribution is -0.142. The number of benzene rings is 2. The Morgan fingerprint density at radius 1 is 1.12 bits per heavy atom. The van der Waals surface area contributed by atoms with Gasteiger partial charge in [-0.2, -0.15) is 0 Å². The molecule has 180 valence electrons. The van der Waals surface area contributed by atoms with Gasteiger partial charge in [0.15, 0.2) is 6.61 Å². The Morgan fingerprint density at radius 2 is 1.82 bits per heavy atom. The van der Waals surface area contributed by atoms with Crippen molar-refractivity contribution in [3.8, 4) is 5.75 Å². The second-order valence-corrected chi connectivity index (χ2v) is 9.96. The van der Waals surface area contributed by atoms with Crippen LogP contribution in [-0.2, 0) is 21.5 Å². The third kappa shape index (κ3) is 7.94. The third-order valence-corrected chi connectivity index (χ3v) is 5.99. The van der Waals surface area contributed by atoms with Crippen molar-refractivity contribution >= 4 is 35.0 Å². The number of ether oxygens (including phenoxy) is 1. The molecule has 0 unspecified atom stereocenters. The first-order valence-corrected chi connectivity index (χ1v) is 12.0. The summed E-state index contributed by atoms with van der Waals surface area (Å²) in [5.41, 5.74) is 1.58. The Hall–Kier alpha value is -2.24. The van der Waals surface area contributed by atoms with Gasteiger partial charge in [-0.3, -0.25) is 9.59 Å². The van der Waals surface area contributed by atoms with Gasteiger partial charge in [-0.1, -0.05) is 81.6 Å². The summed E-state index contributed by atoms with van der Waals surface area (Å²) in [6, 6.07) is 12.1. The topological polar surface area (TPSA) is 58.6 Å². The zero-order valence-electron chi connectivity index (χ0n) is 20.1. The Bertz CT molecular complexity index is 957. The molecule has 0 aliphatic rings. The first-order valence-electron chi connectivity index (χ1n) is 11.3. The van der Waals surface area contributed by atoms with Gasteiger partial charge in [0.25, 0.3) is 5.91 Å². The van der Waals surface area contributed by atoms with E-state index in [-0.39, 0.29) is 30.4 Å². The van der Waals surface area contributed by atoms with Crippen LogP contribution < -0.4 is 10.1 Å². The van der Waals surface area contributed by atoms with E-state index in [1.165, 1.54) is 4.90 Å². The number of amides is 2. The first kappa shape index (κ1) is 27.0. The lowest BCUT2D eigenvalue weighted by atomic mass is 9.86. The van der Waals surface area contributed by atoms with E-state index in [9.17, 15) is 9.59 Å². The minimum atomic E-state index is -0.692. The fourth-order valence-corrected chi connectivity index (χ4v) is 3.85. The standard InChI is InChI=1S/C26H34Cl2N2O3/c1-6-7-14-29-25(32)18(2)30(16-19-12-13-20(27)15-22(19)28)24(31)17-33-23-11-9-8-10-21(23)26(3,4)5/h8-13,15,18H,6-7,14,16-17H2,1-5H3,(H,29,32)/t18-/m0/s1. The highest BCUT2D eigenvalue weighted by atomic mass is 35.5. The predicted octanol–water partition coefficient (Wildman–Crippen LogP) is 6.00. The molecule has 0 saturated heterocycles. The normalized spacial score (nSPS) is 12.2. The van der Waals surface area contributed by atoms with E-state index >= 15 is 0 Å². The maximum Gasteiger partial charge on any atom is 0.261 e. The molecule has 0 aliphatic carbocycles. The van der Waals surface area contributed by atoms with Crippen LogP contribution in [-0.4, -0.2) is 35.9 Å². The number of rotatable bonds is 10. The summed E-state index contributed by atoms with van der Waals surface area (Å²) in [6.07, 6.45) is 1.85. The largest absolute Gasteiger partial charge is 0.483 e. The molecule has 5 nitrogen and oxygen atoms in total. The highest BCUT2D eigenvalue weighted by molar-refractivity contribution is 6.35. The number of hydrogen-bond donors (Lipinski definition) is 1. The van der Waals surface area contributed by atoms with Crippen LogP contribution in [0.4, 0.5) is 0 Å². The van der Waals surface area contributed by atoms with E-state index in [4.69, 9.17) is 27.9 Å². The molecule has 0 radical (unpaired) electrons. The summed E-state index contributed by atoms with van der Waals surface area (Å²) in [7, 11) is 0. The zero-order chi connectivity index (χ0) is 24.6. The van der Waals surface area contributed by atoms with Crippen LogP contribution in [0, 0.1) is 0 Å². The molecular formula is C26H34Cl2N2O3. The van der Waals surface area contributed by atoms with Gasteiger partial charge < -0.3 is 15.0 Å². The van der Waals surface area contributed by atoms with E-state index in [0.29, 0.717) is 27.9 Å². The van der Waals surface area contributed by atoms with Crippen molar-refractivity contribution in [3.05, 3.63) is 63.6 Å². The van der Waals surface area contributed by atoms with E-state index < -0.39 is 6.04 Å². The second kappa shape index (κ2) is 12.3. The molecule has 2 aromatic rings. The summed E-state index contributed by atoms with van der Waals surface area (Å²) in [6.45, 7) is 10.6. The van der Waals surface area contributed by atoms with Gasteiger partial charge in [0.1, 0.15) is 11.8 Å². The van der Waals surface area contributed by atoms with Crippen molar-refractivity contribution in [1.29, 1.82) is 0 Å². The minimum absolute atomic E-state index is 0.136. The molecule has 0 spiro atoms. The highest BCUT2D eigenvalue weighted by Gasteiger charge is 2.27. The Morgan fingerprint density at radius 3 is 2.45 bits per heavy atom. The van der Waals surface area contributed by atoms with Gasteiger partial charge in [-0.15, -0.1) is 0 Å². The number of halogens is 2. The van der Waals surface area contributed by atoms with E-state index in [1.54, 1.807) is 25.1 Å². The average molecular weight is 493 g/mol. The summed E-state index contributed by atoms with van der Waals surface area (Å²) < 4.78 is 5.94. The SMILES string of the molecule is CCCCNC(=O)[C@H](C)N(Cc1ccc(Cl)cc1Cl)C(=O)COc1ccccc1C(C)(C)C. The van der Waals surface area contributed by atoms with Gasteiger partial charge in [-0.05, 0) is 48.1 Å². The maximum atomic E-state index is 13.3. The Kier molecular flexibility index (Phi) is 10.1. The van der Waals surface area contributed by atoms with Crippen LogP contribution >= 0.6 is 23.2 Å². The number of carbonyl (C=O) groups excluding carboxylic acids is 2. The first-order chi connectivity index (χ1) is 15.5. The summed E-state index contributed by atoms with van der Waals surface area (Å²) in [4.78, 5) is 27.5. The smallest absolute Gasteiger partial charge is 0.261 e. The number of para-hydroxylation sites is 1. The van der Waals surface area contributed by atoms with Crippen molar-refractivity contribution in [2.75, 3.05) is 13.2 Å². The average Bonchev–Trinajstić information content (AvgIpc) is 2.76. The molecule has 2 aromatic carbocycles. The lowest BCUT2D eigenvalue weighted by Gasteiger charge is -2.29. The van der Waals surface area contributed by atoms with E-state index in [0.717, 1.165) is 18.4 Å². The zero-order valence-corrected chi connectivity index (χ0v) is 21.6. The van der Waals surface area contributed by atoms with Crippen molar-refractivity contribution in [2.24, 2.45) is 0 Å². The predicted molar refractivity (Wildman–Crippen MR) is 135 cm³/mol. The number of unbranched alkanes of at least 4 members (excludes halogenated alkanes) is 1. The number of nitrogens with zero attached hydrogens (tertiary/aromatic N) is 1. The van der Waals surface area contributed by atoms with Crippen LogP contribution in [0.15, 0.2) is 42.5 Å². The number of nitrogens with one attached hydrogen (secondary N) is 1. The maximum absolute atomic E-state index is 13.3. The second-order valence-electron chi connectivity index (χ2n) is 9.11. The van der Waals surface area contributed by atoms with Crippen molar-refractivity contribution in [3.63, 3.8) is 0 Å². The van der Waals surface area contributed by atoms with Crippen LogP contribution in [0.1, 0.15) is 58.6 Å². The summed E-state index contributed by atoms with van der Waals surface area (Å²) in [5.74, 6) is 0.141. The summed E-state index contributed by atoms with van der Waals surface area (Å²) in [5, 5.41) is 3.85. The highest BCUT2D eigenvalue weighted by Crippen LogP contribution is 2.31. The molecule has 0 aliphatic heterocycles. The van der Waals surface area contributed by atoms with Gasteiger partial charge in [0.2, 0.25) is 5.91 Å². The number of hydrogen-bond acceptors (Lipinski definition) is 3. The molecule has 0 bridgehead atoms. The lowest BCUT2D eigenvalue weighted by Crippen LogP contribution is -2.49.